The van der Waals surface area contributed by atoms with Crippen molar-refractivity contribution in [2.45, 2.75) is 13.0 Å². The first-order valence-corrected chi connectivity index (χ1v) is 7.05. The fourth-order valence-corrected chi connectivity index (χ4v) is 2.28. The summed E-state index contributed by atoms with van der Waals surface area (Å²) in [6.07, 6.45) is 2.55. The Bertz CT molecular complexity index is 650. The minimum absolute atomic E-state index is 0.253. The molecule has 0 saturated heterocycles. The Kier molecular flexibility index (Phi) is 4.02. The third-order valence-corrected chi connectivity index (χ3v) is 3.48. The molecular formula is C17H15ClO3. The lowest BCUT2D eigenvalue weighted by Gasteiger charge is -2.12. The zero-order valence-corrected chi connectivity index (χ0v) is 12.2. The Labute approximate surface area is 128 Å². The van der Waals surface area contributed by atoms with Crippen molar-refractivity contribution in [3.8, 4) is 17.2 Å². The molecule has 0 aromatic heterocycles. The maximum Gasteiger partial charge on any atom is 0.231 e. The molecule has 3 rings (SSSR count). The van der Waals surface area contributed by atoms with Crippen LogP contribution in [0.25, 0.3) is 0 Å². The Balaban J connectivity index is 1.80. The summed E-state index contributed by atoms with van der Waals surface area (Å²) in [5.74, 6) is 2.26. The molecule has 0 aliphatic carbocycles. The molecule has 1 aliphatic heterocycles. The molecule has 0 spiro atoms. The number of halogens is 1. The summed E-state index contributed by atoms with van der Waals surface area (Å²) < 4.78 is 16.7. The van der Waals surface area contributed by atoms with Gasteiger partial charge in [-0.2, -0.15) is 0 Å². The lowest BCUT2D eigenvalue weighted by Crippen LogP contribution is -1.98. The normalized spacial score (nSPS) is 12.2. The van der Waals surface area contributed by atoms with Gasteiger partial charge in [-0.15, -0.1) is 6.58 Å². The predicted octanol–water partition coefficient (Wildman–Crippen LogP) is 4.38. The Morgan fingerprint density at radius 3 is 2.57 bits per heavy atom. The van der Waals surface area contributed by atoms with Crippen LogP contribution in [0, 0.1) is 0 Å². The molecule has 4 heteroatoms. The summed E-state index contributed by atoms with van der Waals surface area (Å²) >= 11 is 5.88. The van der Waals surface area contributed by atoms with Crippen molar-refractivity contribution in [3.63, 3.8) is 0 Å². The number of rotatable bonds is 5. The summed E-state index contributed by atoms with van der Waals surface area (Å²) in [6, 6.07) is 11.4. The van der Waals surface area contributed by atoms with Crippen LogP contribution in [0.4, 0.5) is 0 Å². The van der Waals surface area contributed by atoms with Crippen molar-refractivity contribution in [2.24, 2.45) is 0 Å². The average molecular weight is 303 g/mol. The van der Waals surface area contributed by atoms with Crippen LogP contribution in [0.15, 0.2) is 49.1 Å². The fraction of sp³-hybridized carbons (Fsp3) is 0.176. The van der Waals surface area contributed by atoms with Crippen LogP contribution in [0.2, 0.25) is 5.02 Å². The highest BCUT2D eigenvalue weighted by atomic mass is 35.5. The van der Waals surface area contributed by atoms with Crippen LogP contribution in [0.1, 0.15) is 11.1 Å². The molecule has 0 radical (unpaired) electrons. The Morgan fingerprint density at radius 1 is 1.14 bits per heavy atom. The topological polar surface area (TPSA) is 27.7 Å². The highest BCUT2D eigenvalue weighted by molar-refractivity contribution is 6.30. The van der Waals surface area contributed by atoms with E-state index in [1.54, 1.807) is 0 Å². The first-order chi connectivity index (χ1) is 10.3. The largest absolute Gasteiger partial charge is 0.488 e. The maximum absolute atomic E-state index is 5.91. The molecular weight excluding hydrogens is 288 g/mol. The number of benzene rings is 2. The molecule has 0 N–H and O–H groups in total. The molecule has 108 valence electrons. The van der Waals surface area contributed by atoms with Crippen LogP contribution in [-0.4, -0.2) is 6.79 Å². The standard InChI is InChI=1S/C17H15ClO3/c1-2-3-13-8-16-17(21-11-20-16)9-15(13)19-10-12-4-6-14(18)7-5-12/h2,4-9H,1,3,10-11H2. The molecule has 3 nitrogen and oxygen atoms in total. The van der Waals surface area contributed by atoms with Gasteiger partial charge in [-0.1, -0.05) is 29.8 Å². The van der Waals surface area contributed by atoms with Gasteiger partial charge in [0.1, 0.15) is 12.4 Å². The monoisotopic (exact) mass is 302 g/mol. The number of hydrogen-bond donors (Lipinski definition) is 0. The van der Waals surface area contributed by atoms with Crippen molar-refractivity contribution in [1.82, 2.24) is 0 Å². The van der Waals surface area contributed by atoms with E-state index in [1.165, 1.54) is 0 Å². The molecule has 0 unspecified atom stereocenters. The zero-order valence-electron chi connectivity index (χ0n) is 11.5. The minimum Gasteiger partial charge on any atom is -0.488 e. The van der Waals surface area contributed by atoms with E-state index >= 15 is 0 Å². The van der Waals surface area contributed by atoms with Crippen molar-refractivity contribution in [1.29, 1.82) is 0 Å². The van der Waals surface area contributed by atoms with Crippen LogP contribution in [0.5, 0.6) is 17.2 Å². The second-order valence-corrected chi connectivity index (χ2v) is 5.16. The SMILES string of the molecule is C=CCc1cc2c(cc1OCc1ccc(Cl)cc1)OCO2. The molecule has 0 bridgehead atoms. The third-order valence-electron chi connectivity index (χ3n) is 3.23. The first kappa shape index (κ1) is 13.8. The fourth-order valence-electron chi connectivity index (χ4n) is 2.16. The maximum atomic E-state index is 5.91. The van der Waals surface area contributed by atoms with Crippen molar-refractivity contribution < 1.29 is 14.2 Å². The van der Waals surface area contributed by atoms with Crippen LogP contribution < -0.4 is 14.2 Å². The molecule has 2 aromatic carbocycles. The molecule has 21 heavy (non-hydrogen) atoms. The third kappa shape index (κ3) is 3.14. The van der Waals surface area contributed by atoms with Gasteiger partial charge < -0.3 is 14.2 Å². The quantitative estimate of drug-likeness (QED) is 0.767. The summed E-state index contributed by atoms with van der Waals surface area (Å²) in [5.41, 5.74) is 2.09. The smallest absolute Gasteiger partial charge is 0.231 e. The van der Waals surface area contributed by atoms with Crippen molar-refractivity contribution in [3.05, 3.63) is 65.2 Å². The van der Waals surface area contributed by atoms with Gasteiger partial charge in [0.15, 0.2) is 11.5 Å². The van der Waals surface area contributed by atoms with E-state index in [-0.39, 0.29) is 6.79 Å². The minimum atomic E-state index is 0.253. The molecule has 0 fully saturated rings. The summed E-state index contributed by atoms with van der Waals surface area (Å²) in [5, 5.41) is 0.717. The predicted molar refractivity (Wildman–Crippen MR) is 82.3 cm³/mol. The lowest BCUT2D eigenvalue weighted by atomic mass is 10.1. The van der Waals surface area contributed by atoms with Gasteiger partial charge >= 0.3 is 0 Å². The molecule has 0 atom stereocenters. The highest BCUT2D eigenvalue weighted by Crippen LogP contribution is 2.38. The number of ether oxygens (including phenoxy) is 3. The lowest BCUT2D eigenvalue weighted by molar-refractivity contribution is 0.173. The molecule has 1 heterocycles. The van der Waals surface area contributed by atoms with Gasteiger partial charge in [0.25, 0.3) is 0 Å². The van der Waals surface area contributed by atoms with E-state index < -0.39 is 0 Å². The number of hydrogen-bond acceptors (Lipinski definition) is 3. The molecule has 2 aromatic rings. The Hall–Kier alpha value is -2.13. The summed E-state index contributed by atoms with van der Waals surface area (Å²) in [4.78, 5) is 0. The van der Waals surface area contributed by atoms with E-state index in [4.69, 9.17) is 25.8 Å². The zero-order chi connectivity index (χ0) is 14.7. The second-order valence-electron chi connectivity index (χ2n) is 4.72. The van der Waals surface area contributed by atoms with Gasteiger partial charge in [0.2, 0.25) is 6.79 Å². The van der Waals surface area contributed by atoms with Gasteiger partial charge in [-0.05, 0) is 30.2 Å². The Morgan fingerprint density at radius 2 is 1.86 bits per heavy atom. The van der Waals surface area contributed by atoms with Crippen molar-refractivity contribution in [2.75, 3.05) is 6.79 Å². The van der Waals surface area contributed by atoms with Crippen LogP contribution >= 0.6 is 11.6 Å². The van der Waals surface area contributed by atoms with Gasteiger partial charge in [-0.25, -0.2) is 0 Å². The number of allylic oxidation sites excluding steroid dienone is 1. The van der Waals surface area contributed by atoms with E-state index in [0.717, 1.165) is 22.6 Å². The highest BCUT2D eigenvalue weighted by Gasteiger charge is 2.17. The van der Waals surface area contributed by atoms with E-state index in [0.29, 0.717) is 23.8 Å². The van der Waals surface area contributed by atoms with Gasteiger partial charge in [-0.3, -0.25) is 0 Å². The second kappa shape index (κ2) is 6.10. The van der Waals surface area contributed by atoms with Crippen LogP contribution in [0.3, 0.4) is 0 Å². The molecule has 0 saturated carbocycles. The van der Waals surface area contributed by atoms with Gasteiger partial charge in [0, 0.05) is 16.7 Å². The van der Waals surface area contributed by atoms with Crippen LogP contribution in [-0.2, 0) is 13.0 Å². The first-order valence-electron chi connectivity index (χ1n) is 6.67. The summed E-state index contributed by atoms with van der Waals surface area (Å²) in [6.45, 7) is 4.50. The average Bonchev–Trinajstić information content (AvgIpc) is 2.94. The van der Waals surface area contributed by atoms with Crippen molar-refractivity contribution >= 4 is 11.6 Å². The summed E-state index contributed by atoms with van der Waals surface area (Å²) in [7, 11) is 0. The van der Waals surface area contributed by atoms with E-state index in [1.807, 2.05) is 42.5 Å². The van der Waals surface area contributed by atoms with E-state index in [2.05, 4.69) is 6.58 Å². The van der Waals surface area contributed by atoms with E-state index in [9.17, 15) is 0 Å². The molecule has 1 aliphatic rings. The van der Waals surface area contributed by atoms with Gasteiger partial charge in [0.05, 0.1) is 0 Å². The molecule has 0 amide bonds. The number of fused-ring (bicyclic) bond motifs is 1.